The topological polar surface area (TPSA) is 83.0 Å². The summed E-state index contributed by atoms with van der Waals surface area (Å²) in [4.78, 5) is 29.1. The van der Waals surface area contributed by atoms with Crippen LogP contribution in [0, 0.1) is 0 Å². The predicted molar refractivity (Wildman–Crippen MR) is 60.1 cm³/mol. The van der Waals surface area contributed by atoms with E-state index in [1.165, 1.54) is 0 Å². The van der Waals surface area contributed by atoms with E-state index in [-0.39, 0.29) is 18.0 Å². The average Bonchev–Trinajstić information content (AvgIpc) is 3.01. The second kappa shape index (κ2) is 3.68. The Morgan fingerprint density at radius 1 is 1.41 bits per heavy atom. The van der Waals surface area contributed by atoms with Crippen molar-refractivity contribution in [3.05, 3.63) is 27.4 Å². The molecule has 0 saturated heterocycles. The number of carbonyl (C=O) groups is 1. The molecule has 0 aliphatic heterocycles. The molecular formula is C12H14N2O3. The molecule has 2 aliphatic carbocycles. The number of aryl methyl sites for hydroxylation is 1. The summed E-state index contributed by atoms with van der Waals surface area (Å²) in [6.07, 6.45) is 3.86. The molecule has 1 saturated carbocycles. The molecule has 0 spiro atoms. The monoisotopic (exact) mass is 234 g/mol. The van der Waals surface area contributed by atoms with Crippen molar-refractivity contribution < 1.29 is 9.90 Å². The molecule has 2 aliphatic rings. The van der Waals surface area contributed by atoms with Crippen LogP contribution in [0.1, 0.15) is 54.5 Å². The van der Waals surface area contributed by atoms with Gasteiger partial charge >= 0.3 is 11.7 Å². The van der Waals surface area contributed by atoms with Gasteiger partial charge in [-0.15, -0.1) is 0 Å². The summed E-state index contributed by atoms with van der Waals surface area (Å²) in [5.41, 5.74) is 2.52. The van der Waals surface area contributed by atoms with E-state index >= 15 is 0 Å². The third-order valence-corrected chi connectivity index (χ3v) is 3.62. The lowest BCUT2D eigenvalue weighted by Gasteiger charge is -2.12. The van der Waals surface area contributed by atoms with Crippen LogP contribution in [0.15, 0.2) is 4.79 Å². The first kappa shape index (κ1) is 10.5. The fourth-order valence-corrected chi connectivity index (χ4v) is 2.75. The van der Waals surface area contributed by atoms with Gasteiger partial charge in [0.15, 0.2) is 0 Å². The Labute approximate surface area is 97.9 Å². The zero-order valence-electron chi connectivity index (χ0n) is 9.40. The Morgan fingerprint density at radius 3 is 2.82 bits per heavy atom. The van der Waals surface area contributed by atoms with Crippen molar-refractivity contribution in [2.45, 2.75) is 43.9 Å². The van der Waals surface area contributed by atoms with Crippen molar-refractivity contribution in [2.75, 3.05) is 0 Å². The normalized spacial score (nSPS) is 22.5. The molecule has 5 heteroatoms. The highest BCUT2D eigenvalue weighted by molar-refractivity contribution is 5.68. The van der Waals surface area contributed by atoms with Crippen LogP contribution in [0.25, 0.3) is 0 Å². The van der Waals surface area contributed by atoms with E-state index in [0.717, 1.165) is 42.6 Å². The van der Waals surface area contributed by atoms with Gasteiger partial charge in [0.1, 0.15) is 0 Å². The van der Waals surface area contributed by atoms with Crippen LogP contribution in [0.3, 0.4) is 0 Å². The van der Waals surface area contributed by atoms with Gasteiger partial charge in [-0.2, -0.15) is 4.98 Å². The van der Waals surface area contributed by atoms with Gasteiger partial charge in [0.2, 0.25) is 0 Å². The summed E-state index contributed by atoms with van der Waals surface area (Å²) >= 11 is 0. The minimum Gasteiger partial charge on any atom is -0.481 e. The molecule has 0 bridgehead atoms. The number of aromatic amines is 1. The van der Waals surface area contributed by atoms with Crippen molar-refractivity contribution in [2.24, 2.45) is 0 Å². The van der Waals surface area contributed by atoms with Crippen molar-refractivity contribution in [1.29, 1.82) is 0 Å². The maximum Gasteiger partial charge on any atom is 0.345 e. The van der Waals surface area contributed by atoms with Crippen LogP contribution in [-0.4, -0.2) is 21.0 Å². The van der Waals surface area contributed by atoms with Crippen LogP contribution in [0.4, 0.5) is 0 Å². The lowest BCUT2D eigenvalue weighted by molar-refractivity contribution is -0.137. The predicted octanol–water partition coefficient (Wildman–Crippen LogP) is 1.15. The van der Waals surface area contributed by atoms with E-state index in [1.54, 1.807) is 0 Å². The fraction of sp³-hybridized carbons (Fsp3) is 0.583. The zero-order chi connectivity index (χ0) is 12.0. The summed E-state index contributed by atoms with van der Waals surface area (Å²) in [5, 5.41) is 8.91. The second-order valence-electron chi connectivity index (χ2n) is 4.93. The van der Waals surface area contributed by atoms with E-state index in [4.69, 9.17) is 5.11 Å². The molecule has 2 N–H and O–H groups in total. The van der Waals surface area contributed by atoms with E-state index in [0.29, 0.717) is 5.92 Å². The molecule has 1 atom stereocenters. The zero-order valence-corrected chi connectivity index (χ0v) is 9.40. The number of fused-ring (bicyclic) bond motifs is 1. The van der Waals surface area contributed by atoms with Gasteiger partial charge in [-0.25, -0.2) is 4.79 Å². The van der Waals surface area contributed by atoms with Crippen molar-refractivity contribution in [3.63, 3.8) is 0 Å². The van der Waals surface area contributed by atoms with Crippen molar-refractivity contribution in [3.8, 4) is 0 Å². The molecule has 0 amide bonds. The van der Waals surface area contributed by atoms with E-state index in [2.05, 4.69) is 9.97 Å². The Bertz CT molecular complexity index is 531. The van der Waals surface area contributed by atoms with Crippen LogP contribution in [0.5, 0.6) is 0 Å². The fourth-order valence-electron chi connectivity index (χ4n) is 2.75. The highest BCUT2D eigenvalue weighted by atomic mass is 16.4. The maximum atomic E-state index is 11.4. The van der Waals surface area contributed by atoms with Gasteiger partial charge in [-0.05, 0) is 37.2 Å². The number of aromatic nitrogens is 2. The first-order valence-electron chi connectivity index (χ1n) is 6.00. The quantitative estimate of drug-likeness (QED) is 0.821. The molecule has 1 heterocycles. The molecule has 3 rings (SSSR count). The maximum absolute atomic E-state index is 11.4. The SMILES string of the molecule is O=C(O)CC1CCc2[nH]c(=O)nc(C3CC3)c21. The van der Waals surface area contributed by atoms with E-state index in [9.17, 15) is 9.59 Å². The molecule has 17 heavy (non-hydrogen) atoms. The third kappa shape index (κ3) is 1.85. The number of hydrogen-bond acceptors (Lipinski definition) is 3. The number of nitrogens with zero attached hydrogens (tertiary/aromatic N) is 1. The smallest absolute Gasteiger partial charge is 0.345 e. The number of nitrogens with one attached hydrogen (secondary N) is 1. The highest BCUT2D eigenvalue weighted by Gasteiger charge is 2.35. The van der Waals surface area contributed by atoms with Crippen molar-refractivity contribution in [1.82, 2.24) is 9.97 Å². The van der Waals surface area contributed by atoms with Crippen LogP contribution in [0.2, 0.25) is 0 Å². The average molecular weight is 234 g/mol. The lowest BCUT2D eigenvalue weighted by Crippen LogP contribution is -2.17. The minimum absolute atomic E-state index is 0.0300. The first-order chi connectivity index (χ1) is 8.15. The molecule has 0 radical (unpaired) electrons. The highest BCUT2D eigenvalue weighted by Crippen LogP contribution is 2.45. The van der Waals surface area contributed by atoms with Gasteiger partial charge in [0.05, 0.1) is 12.1 Å². The summed E-state index contributed by atoms with van der Waals surface area (Å²) in [7, 11) is 0. The number of hydrogen-bond donors (Lipinski definition) is 2. The number of H-pyrrole nitrogens is 1. The van der Waals surface area contributed by atoms with Gasteiger partial charge in [-0.1, -0.05) is 0 Å². The van der Waals surface area contributed by atoms with E-state index < -0.39 is 5.97 Å². The van der Waals surface area contributed by atoms with Gasteiger partial charge < -0.3 is 10.1 Å². The number of aliphatic carboxylic acids is 1. The van der Waals surface area contributed by atoms with Crippen LogP contribution in [-0.2, 0) is 11.2 Å². The number of carboxylic acids is 1. The standard InChI is InChI=1S/C12H14N2O3/c15-9(16)5-7-3-4-8-10(7)11(6-1-2-6)14-12(17)13-8/h6-7H,1-5H2,(H,15,16)(H,13,14,17). The Hall–Kier alpha value is -1.65. The largest absolute Gasteiger partial charge is 0.481 e. The summed E-state index contributed by atoms with van der Waals surface area (Å²) < 4.78 is 0. The Balaban J connectivity index is 2.05. The summed E-state index contributed by atoms with van der Waals surface area (Å²) in [5.74, 6) is -0.362. The van der Waals surface area contributed by atoms with Crippen LogP contribution < -0.4 is 5.69 Å². The second-order valence-corrected chi connectivity index (χ2v) is 4.93. The van der Waals surface area contributed by atoms with Gasteiger partial charge in [0.25, 0.3) is 0 Å². The molecular weight excluding hydrogens is 220 g/mol. The van der Waals surface area contributed by atoms with Gasteiger partial charge in [-0.3, -0.25) is 4.79 Å². The molecule has 90 valence electrons. The molecule has 5 nitrogen and oxygen atoms in total. The minimum atomic E-state index is -0.782. The van der Waals surface area contributed by atoms with Crippen LogP contribution >= 0.6 is 0 Å². The summed E-state index contributed by atoms with van der Waals surface area (Å²) in [6.45, 7) is 0. The molecule has 1 aromatic heterocycles. The number of carboxylic acid groups (broad SMARTS) is 1. The summed E-state index contributed by atoms with van der Waals surface area (Å²) in [6, 6.07) is 0. The van der Waals surface area contributed by atoms with Gasteiger partial charge in [0, 0.05) is 11.6 Å². The molecule has 1 aromatic rings. The first-order valence-corrected chi connectivity index (χ1v) is 6.00. The molecule has 1 unspecified atom stereocenters. The lowest BCUT2D eigenvalue weighted by atomic mass is 9.96. The Morgan fingerprint density at radius 2 is 2.18 bits per heavy atom. The van der Waals surface area contributed by atoms with Crippen molar-refractivity contribution >= 4 is 5.97 Å². The molecule has 0 aromatic carbocycles. The molecule has 1 fully saturated rings. The Kier molecular flexibility index (Phi) is 2.28. The van der Waals surface area contributed by atoms with E-state index in [1.807, 2.05) is 0 Å². The third-order valence-electron chi connectivity index (χ3n) is 3.62. The number of rotatable bonds is 3.